The van der Waals surface area contributed by atoms with Gasteiger partial charge in [0.2, 0.25) is 0 Å². The van der Waals surface area contributed by atoms with Gasteiger partial charge in [0.15, 0.2) is 0 Å². The van der Waals surface area contributed by atoms with Crippen LogP contribution in [0.2, 0.25) is 0 Å². The van der Waals surface area contributed by atoms with E-state index >= 15 is 0 Å². The molecule has 14 heavy (non-hydrogen) atoms. The highest BCUT2D eigenvalue weighted by molar-refractivity contribution is 4.73. The number of unbranched alkanes of at least 4 members (excludes halogenated alkanes) is 1. The molecular formula is C12H24N2. The zero-order chi connectivity index (χ0) is 10.8. The van der Waals surface area contributed by atoms with E-state index in [-0.39, 0.29) is 0 Å². The van der Waals surface area contributed by atoms with Crippen molar-refractivity contribution < 1.29 is 0 Å². The van der Waals surface area contributed by atoms with Crippen LogP contribution in [-0.4, -0.2) is 24.5 Å². The Morgan fingerprint density at radius 3 is 2.71 bits per heavy atom. The maximum absolute atomic E-state index is 8.38. The fourth-order valence-corrected chi connectivity index (χ4v) is 1.87. The summed E-state index contributed by atoms with van der Waals surface area (Å²) < 4.78 is 0. The molecule has 1 aliphatic heterocycles. The normalized spacial score (nSPS) is 22.0. The second-order valence-electron chi connectivity index (χ2n) is 3.81. The average Bonchev–Trinajstić information content (AvgIpc) is 2.21. The molecule has 0 aromatic heterocycles. The Kier molecular flexibility index (Phi) is 8.67. The van der Waals surface area contributed by atoms with Gasteiger partial charge in [0.1, 0.15) is 0 Å². The third kappa shape index (κ3) is 5.99. The van der Waals surface area contributed by atoms with Crippen LogP contribution in [0.4, 0.5) is 0 Å². The van der Waals surface area contributed by atoms with E-state index < -0.39 is 0 Å². The Hall–Kier alpha value is -0.550. The maximum atomic E-state index is 8.38. The van der Waals surface area contributed by atoms with Gasteiger partial charge in [-0.05, 0) is 38.3 Å². The quantitative estimate of drug-likeness (QED) is 0.649. The average molecular weight is 196 g/mol. The van der Waals surface area contributed by atoms with Crippen molar-refractivity contribution in [2.75, 3.05) is 19.6 Å². The van der Waals surface area contributed by atoms with Gasteiger partial charge in [0.05, 0.1) is 6.07 Å². The van der Waals surface area contributed by atoms with E-state index in [4.69, 9.17) is 5.26 Å². The Balaban J connectivity index is 0.000000791. The number of hydrogen-bond acceptors (Lipinski definition) is 2. The number of likely N-dealkylation sites (tertiary alicyclic amines) is 1. The third-order valence-electron chi connectivity index (χ3n) is 2.50. The van der Waals surface area contributed by atoms with Gasteiger partial charge in [-0.3, -0.25) is 0 Å². The Morgan fingerprint density at radius 1 is 1.43 bits per heavy atom. The molecule has 1 saturated heterocycles. The molecule has 82 valence electrons. The largest absolute Gasteiger partial charge is 0.303 e. The summed E-state index contributed by atoms with van der Waals surface area (Å²) in [6, 6.07) is 2.19. The molecule has 2 heteroatoms. The minimum atomic E-state index is 0.713. The topological polar surface area (TPSA) is 27.0 Å². The minimum absolute atomic E-state index is 0.713. The first-order chi connectivity index (χ1) is 6.83. The molecule has 1 aliphatic rings. The zero-order valence-corrected chi connectivity index (χ0v) is 9.92. The van der Waals surface area contributed by atoms with Crippen molar-refractivity contribution in [2.24, 2.45) is 5.92 Å². The van der Waals surface area contributed by atoms with Crippen LogP contribution < -0.4 is 0 Å². The summed E-state index contributed by atoms with van der Waals surface area (Å²) in [6.07, 6.45) is 4.48. The number of nitriles is 1. The van der Waals surface area contributed by atoms with Gasteiger partial charge in [-0.25, -0.2) is 0 Å². The van der Waals surface area contributed by atoms with Crippen LogP contribution in [0.25, 0.3) is 0 Å². The lowest BCUT2D eigenvalue weighted by atomic mass is 10.0. The minimum Gasteiger partial charge on any atom is -0.303 e. The van der Waals surface area contributed by atoms with E-state index in [0.717, 1.165) is 18.9 Å². The molecule has 1 rings (SSSR count). The highest BCUT2D eigenvalue weighted by Gasteiger charge is 2.14. The Morgan fingerprint density at radius 2 is 2.14 bits per heavy atom. The van der Waals surface area contributed by atoms with Gasteiger partial charge >= 0.3 is 0 Å². The lowest BCUT2D eigenvalue weighted by Gasteiger charge is -2.30. The smallest absolute Gasteiger partial charge is 0.0622 e. The molecule has 0 aromatic rings. The predicted octanol–water partition coefficient (Wildman–Crippen LogP) is 3.05. The molecule has 1 fully saturated rings. The first-order valence-electron chi connectivity index (χ1n) is 5.92. The second-order valence-corrected chi connectivity index (χ2v) is 3.81. The van der Waals surface area contributed by atoms with E-state index in [1.165, 1.54) is 25.9 Å². The van der Waals surface area contributed by atoms with Crippen LogP contribution in [0.15, 0.2) is 0 Å². The standard InChI is InChI=1S/C10H18N2.C2H6/c1-10-5-4-8-12(9-10)7-3-2-6-11;1-2/h10H,2-5,7-9H2,1H3;1-2H3. The number of piperidine rings is 1. The highest BCUT2D eigenvalue weighted by atomic mass is 15.1. The van der Waals surface area contributed by atoms with Crippen molar-refractivity contribution in [1.82, 2.24) is 4.90 Å². The lowest BCUT2D eigenvalue weighted by Crippen LogP contribution is -2.34. The first kappa shape index (κ1) is 13.4. The second kappa shape index (κ2) is 9.02. The monoisotopic (exact) mass is 196 g/mol. The van der Waals surface area contributed by atoms with Gasteiger partial charge < -0.3 is 4.90 Å². The van der Waals surface area contributed by atoms with E-state index in [2.05, 4.69) is 17.9 Å². The fourth-order valence-electron chi connectivity index (χ4n) is 1.87. The van der Waals surface area contributed by atoms with Crippen molar-refractivity contribution in [3.05, 3.63) is 0 Å². The van der Waals surface area contributed by atoms with Gasteiger partial charge in [-0.15, -0.1) is 0 Å². The molecule has 1 atom stereocenters. The van der Waals surface area contributed by atoms with E-state index in [1.807, 2.05) is 13.8 Å². The summed E-state index contributed by atoms with van der Waals surface area (Å²) in [5.41, 5.74) is 0. The van der Waals surface area contributed by atoms with Crippen LogP contribution in [0.1, 0.15) is 46.5 Å². The van der Waals surface area contributed by atoms with Crippen molar-refractivity contribution >= 4 is 0 Å². The van der Waals surface area contributed by atoms with Crippen molar-refractivity contribution in [3.8, 4) is 6.07 Å². The number of rotatable bonds is 3. The molecule has 0 N–H and O–H groups in total. The molecule has 0 radical (unpaired) electrons. The summed E-state index contributed by atoms with van der Waals surface area (Å²) in [5, 5.41) is 8.38. The van der Waals surface area contributed by atoms with Crippen LogP contribution in [0.5, 0.6) is 0 Å². The zero-order valence-electron chi connectivity index (χ0n) is 9.92. The van der Waals surface area contributed by atoms with E-state index in [0.29, 0.717) is 6.42 Å². The maximum Gasteiger partial charge on any atom is 0.0622 e. The van der Waals surface area contributed by atoms with E-state index in [1.54, 1.807) is 0 Å². The first-order valence-corrected chi connectivity index (χ1v) is 5.92. The highest BCUT2D eigenvalue weighted by Crippen LogP contribution is 2.15. The molecule has 1 heterocycles. The Labute approximate surface area is 88.9 Å². The molecule has 2 nitrogen and oxygen atoms in total. The van der Waals surface area contributed by atoms with Gasteiger partial charge in [0, 0.05) is 13.0 Å². The molecular weight excluding hydrogens is 172 g/mol. The fraction of sp³-hybridized carbons (Fsp3) is 0.917. The van der Waals surface area contributed by atoms with Gasteiger partial charge in [-0.1, -0.05) is 20.8 Å². The lowest BCUT2D eigenvalue weighted by molar-refractivity contribution is 0.183. The molecule has 0 saturated carbocycles. The molecule has 0 spiro atoms. The van der Waals surface area contributed by atoms with Crippen LogP contribution in [-0.2, 0) is 0 Å². The van der Waals surface area contributed by atoms with Crippen molar-refractivity contribution in [3.63, 3.8) is 0 Å². The molecule has 0 amide bonds. The molecule has 0 aromatic carbocycles. The van der Waals surface area contributed by atoms with Gasteiger partial charge in [-0.2, -0.15) is 5.26 Å². The van der Waals surface area contributed by atoms with Crippen molar-refractivity contribution in [1.29, 1.82) is 5.26 Å². The SMILES string of the molecule is CC.CC1CCCN(CCCC#N)C1. The predicted molar refractivity (Wildman–Crippen MR) is 61.0 cm³/mol. The summed E-state index contributed by atoms with van der Waals surface area (Å²) in [6.45, 7) is 9.93. The summed E-state index contributed by atoms with van der Waals surface area (Å²) >= 11 is 0. The number of hydrogen-bond donors (Lipinski definition) is 0. The number of nitrogens with zero attached hydrogens (tertiary/aromatic N) is 2. The molecule has 0 aliphatic carbocycles. The van der Waals surface area contributed by atoms with Crippen LogP contribution in [0, 0.1) is 17.2 Å². The Bertz CT molecular complexity index is 160. The van der Waals surface area contributed by atoms with Crippen molar-refractivity contribution in [2.45, 2.75) is 46.5 Å². The third-order valence-corrected chi connectivity index (χ3v) is 2.50. The van der Waals surface area contributed by atoms with E-state index in [9.17, 15) is 0 Å². The van der Waals surface area contributed by atoms with Gasteiger partial charge in [0.25, 0.3) is 0 Å². The summed E-state index contributed by atoms with van der Waals surface area (Å²) in [5.74, 6) is 0.862. The summed E-state index contributed by atoms with van der Waals surface area (Å²) in [7, 11) is 0. The molecule has 0 bridgehead atoms. The molecule has 1 unspecified atom stereocenters. The summed E-state index contributed by atoms with van der Waals surface area (Å²) in [4.78, 5) is 2.49. The van der Waals surface area contributed by atoms with Crippen LogP contribution in [0.3, 0.4) is 0 Å². The van der Waals surface area contributed by atoms with Crippen LogP contribution >= 0.6 is 0 Å².